The number of benzene rings is 1. The molecule has 0 saturated carbocycles. The van der Waals surface area contributed by atoms with Gasteiger partial charge in [0.1, 0.15) is 11.5 Å². The molecule has 0 saturated heterocycles. The molecule has 11 heteroatoms. The van der Waals surface area contributed by atoms with Crippen molar-refractivity contribution in [3.63, 3.8) is 0 Å². The highest BCUT2D eigenvalue weighted by Gasteiger charge is 2.37. The Hall–Kier alpha value is -3.50. The summed E-state index contributed by atoms with van der Waals surface area (Å²) in [5.41, 5.74) is 0.541. The molecule has 34 heavy (non-hydrogen) atoms. The Kier molecular flexibility index (Phi) is 6.54. The normalized spacial score (nSPS) is 12.3. The molecule has 0 amide bonds. The number of alkyl halides is 3. The Balaban J connectivity index is 1.63. The van der Waals surface area contributed by atoms with Crippen LogP contribution in [0, 0.1) is 11.8 Å². The number of hydrogen-bond acceptors (Lipinski definition) is 5. The summed E-state index contributed by atoms with van der Waals surface area (Å²) < 4.78 is 44.0. The molecule has 0 aliphatic carbocycles. The number of aromatic amines is 1. The largest absolute Gasteiger partial charge is 0.418 e. The van der Waals surface area contributed by atoms with Crippen molar-refractivity contribution in [2.75, 3.05) is 0 Å². The Bertz CT molecular complexity index is 1220. The van der Waals surface area contributed by atoms with Crippen molar-refractivity contribution < 1.29 is 13.2 Å². The molecule has 0 aliphatic heterocycles. The zero-order chi connectivity index (χ0) is 24.5. The maximum absolute atomic E-state index is 13.6. The smallest absolute Gasteiger partial charge is 0.313 e. The van der Waals surface area contributed by atoms with E-state index in [-0.39, 0.29) is 11.5 Å². The molecule has 180 valence electrons. The van der Waals surface area contributed by atoms with E-state index < -0.39 is 11.7 Å². The Morgan fingerprint density at radius 3 is 2.26 bits per heavy atom. The lowest BCUT2D eigenvalue weighted by Gasteiger charge is -2.12. The van der Waals surface area contributed by atoms with Crippen LogP contribution in [-0.4, -0.2) is 40.0 Å². The fourth-order valence-corrected chi connectivity index (χ4v) is 3.82. The van der Waals surface area contributed by atoms with Gasteiger partial charge in [-0.2, -0.15) is 23.5 Å². The molecule has 0 fully saturated rings. The van der Waals surface area contributed by atoms with E-state index in [2.05, 4.69) is 48.3 Å². The first-order valence-electron chi connectivity index (χ1n) is 11.2. The number of aromatic nitrogens is 8. The number of rotatable bonds is 8. The maximum atomic E-state index is 13.6. The fraction of sp³-hybridized carbons (Fsp3) is 0.435. The van der Waals surface area contributed by atoms with E-state index in [9.17, 15) is 13.2 Å². The topological polar surface area (TPSA) is 90.1 Å². The molecule has 0 spiro atoms. The summed E-state index contributed by atoms with van der Waals surface area (Å²) in [6.45, 7) is 9.09. The highest BCUT2D eigenvalue weighted by atomic mass is 19.4. The molecule has 0 radical (unpaired) electrons. The minimum atomic E-state index is -4.55. The molecular weight excluding hydrogens is 445 g/mol. The van der Waals surface area contributed by atoms with E-state index in [0.717, 1.165) is 36.1 Å². The summed E-state index contributed by atoms with van der Waals surface area (Å²) in [4.78, 5) is 4.74. The van der Waals surface area contributed by atoms with Crippen LogP contribution in [0.2, 0.25) is 0 Å². The molecule has 0 aliphatic rings. The van der Waals surface area contributed by atoms with Crippen molar-refractivity contribution >= 4 is 0 Å². The molecule has 0 atom stereocenters. The number of nitrogens with zero attached hydrogens (tertiary/aromatic N) is 7. The van der Waals surface area contributed by atoms with E-state index in [4.69, 9.17) is 10.1 Å². The highest BCUT2D eigenvalue weighted by molar-refractivity contribution is 5.61. The van der Waals surface area contributed by atoms with E-state index in [1.54, 1.807) is 12.1 Å². The van der Waals surface area contributed by atoms with Gasteiger partial charge >= 0.3 is 6.18 Å². The molecule has 8 nitrogen and oxygen atoms in total. The average Bonchev–Trinajstić information content (AvgIpc) is 3.47. The van der Waals surface area contributed by atoms with Crippen LogP contribution in [0.5, 0.6) is 0 Å². The molecular formula is C23H27F3N8. The summed E-state index contributed by atoms with van der Waals surface area (Å²) in [6, 6.07) is 8.32. The van der Waals surface area contributed by atoms with Gasteiger partial charge in [-0.1, -0.05) is 39.8 Å². The lowest BCUT2D eigenvalue weighted by Crippen LogP contribution is -2.10. The Morgan fingerprint density at radius 2 is 1.68 bits per heavy atom. The first-order valence-corrected chi connectivity index (χ1v) is 11.2. The van der Waals surface area contributed by atoms with Crippen LogP contribution >= 0.6 is 0 Å². The van der Waals surface area contributed by atoms with Crippen LogP contribution in [0.25, 0.3) is 17.2 Å². The predicted molar refractivity (Wildman–Crippen MR) is 120 cm³/mol. The van der Waals surface area contributed by atoms with Crippen LogP contribution < -0.4 is 0 Å². The van der Waals surface area contributed by atoms with Crippen LogP contribution in [0.15, 0.2) is 36.5 Å². The van der Waals surface area contributed by atoms with Crippen LogP contribution in [-0.2, 0) is 25.6 Å². The third-order valence-corrected chi connectivity index (χ3v) is 5.27. The predicted octanol–water partition coefficient (Wildman–Crippen LogP) is 4.71. The molecule has 1 aromatic carbocycles. The molecule has 1 N–H and O–H groups in total. The summed E-state index contributed by atoms with van der Waals surface area (Å²) in [5, 5.41) is 17.9. The van der Waals surface area contributed by atoms with Gasteiger partial charge in [-0.25, -0.2) is 9.67 Å². The Labute approximate surface area is 195 Å². The van der Waals surface area contributed by atoms with E-state index in [1.165, 1.54) is 10.8 Å². The second kappa shape index (κ2) is 9.40. The fourth-order valence-electron chi connectivity index (χ4n) is 3.82. The second-order valence-electron chi connectivity index (χ2n) is 9.15. The second-order valence-corrected chi connectivity index (χ2v) is 9.15. The molecule has 3 aromatic heterocycles. The van der Waals surface area contributed by atoms with Crippen molar-refractivity contribution in [1.82, 2.24) is 40.0 Å². The van der Waals surface area contributed by atoms with Crippen LogP contribution in [0.3, 0.4) is 0 Å². The Morgan fingerprint density at radius 1 is 0.971 bits per heavy atom. The number of halogens is 3. The van der Waals surface area contributed by atoms with Gasteiger partial charge in [-0.3, -0.25) is 0 Å². The molecule has 0 unspecified atom stereocenters. The number of H-pyrrole nitrogens is 1. The molecule has 4 rings (SSSR count). The van der Waals surface area contributed by atoms with Gasteiger partial charge in [0.15, 0.2) is 5.82 Å². The monoisotopic (exact) mass is 472 g/mol. The number of hydrogen-bond donors (Lipinski definition) is 1. The minimum Gasteiger partial charge on any atom is -0.313 e. The zero-order valence-electron chi connectivity index (χ0n) is 19.5. The molecule has 0 bridgehead atoms. The van der Waals surface area contributed by atoms with E-state index in [0.29, 0.717) is 24.1 Å². The molecule has 3 heterocycles. The summed E-state index contributed by atoms with van der Waals surface area (Å²) >= 11 is 0. The molecule has 4 aromatic rings. The van der Waals surface area contributed by atoms with Crippen LogP contribution in [0.4, 0.5) is 13.2 Å². The van der Waals surface area contributed by atoms with Crippen molar-refractivity contribution in [3.05, 3.63) is 59.3 Å². The lowest BCUT2D eigenvalue weighted by molar-refractivity contribution is -0.137. The third-order valence-electron chi connectivity index (χ3n) is 5.27. The van der Waals surface area contributed by atoms with Crippen molar-refractivity contribution in [3.8, 4) is 17.2 Å². The lowest BCUT2D eigenvalue weighted by atomic mass is 10.1. The minimum absolute atomic E-state index is 0.125. The van der Waals surface area contributed by atoms with Gasteiger partial charge in [-0.15, -0.1) is 10.2 Å². The van der Waals surface area contributed by atoms with Gasteiger partial charge in [-0.05, 0) is 40.8 Å². The SMILES string of the molecule is CC(C)Cc1nc(CC(C)C)n(Cc2ccc(-n3ccc(C(F)(F)F)c3-c3nn[nH]n3)cc2)n1. The standard InChI is InChI=1S/C23H27F3N8/c1-14(2)11-19-27-20(12-15(3)4)34(30-19)13-16-5-7-17(8-6-16)33-10-9-18(23(24,25)26)21(33)22-28-31-32-29-22/h5-10,14-15H,11-13H2,1-4H3,(H,28,29,31,32). The van der Waals surface area contributed by atoms with Gasteiger partial charge in [0.2, 0.25) is 5.82 Å². The van der Waals surface area contributed by atoms with Gasteiger partial charge in [0, 0.05) is 24.7 Å². The third kappa shape index (κ3) is 5.18. The number of tetrazole rings is 1. The van der Waals surface area contributed by atoms with E-state index >= 15 is 0 Å². The highest BCUT2D eigenvalue weighted by Crippen LogP contribution is 2.37. The zero-order valence-corrected chi connectivity index (χ0v) is 19.5. The van der Waals surface area contributed by atoms with Gasteiger partial charge < -0.3 is 4.57 Å². The first kappa shape index (κ1) is 23.7. The first-order chi connectivity index (χ1) is 16.1. The number of nitrogens with one attached hydrogen (secondary N) is 1. The average molecular weight is 473 g/mol. The quantitative estimate of drug-likeness (QED) is 0.401. The van der Waals surface area contributed by atoms with Crippen LogP contribution in [0.1, 0.15) is 50.5 Å². The summed E-state index contributed by atoms with van der Waals surface area (Å²) in [7, 11) is 0. The van der Waals surface area contributed by atoms with Gasteiger partial charge in [0.05, 0.1) is 12.1 Å². The van der Waals surface area contributed by atoms with Crippen molar-refractivity contribution in [2.45, 2.75) is 53.3 Å². The summed E-state index contributed by atoms with van der Waals surface area (Å²) in [6.07, 6.45) is -1.56. The van der Waals surface area contributed by atoms with E-state index in [1.807, 2.05) is 16.8 Å². The van der Waals surface area contributed by atoms with Crippen molar-refractivity contribution in [1.29, 1.82) is 0 Å². The van der Waals surface area contributed by atoms with Crippen molar-refractivity contribution in [2.24, 2.45) is 11.8 Å². The maximum Gasteiger partial charge on any atom is 0.418 e. The van der Waals surface area contributed by atoms with Gasteiger partial charge in [0.25, 0.3) is 0 Å². The summed E-state index contributed by atoms with van der Waals surface area (Å²) in [5.74, 6) is 2.55.